The van der Waals surface area contributed by atoms with Crippen molar-refractivity contribution in [2.24, 2.45) is 0 Å². The van der Waals surface area contributed by atoms with Gasteiger partial charge in [-0.2, -0.15) is 0 Å². The molecule has 0 aliphatic carbocycles. The molecule has 7 heteroatoms. The van der Waals surface area contributed by atoms with Gasteiger partial charge in [-0.1, -0.05) is 6.07 Å². The van der Waals surface area contributed by atoms with Gasteiger partial charge in [0.1, 0.15) is 9.84 Å². The molecule has 0 saturated carbocycles. The molecule has 0 heterocycles. The van der Waals surface area contributed by atoms with Gasteiger partial charge in [0.2, 0.25) is 5.75 Å². The van der Waals surface area contributed by atoms with Gasteiger partial charge in [0.15, 0.2) is 11.5 Å². The minimum Gasteiger partial charge on any atom is -0.504 e. The number of phenols is 3. The van der Waals surface area contributed by atoms with E-state index in [0.29, 0.717) is 18.5 Å². The number of hydrogen-bond donors (Lipinski definition) is 4. The van der Waals surface area contributed by atoms with E-state index in [1.807, 2.05) is 0 Å². The third-order valence-electron chi connectivity index (χ3n) is 2.40. The van der Waals surface area contributed by atoms with Crippen LogP contribution in [0.4, 0.5) is 0 Å². The molecule has 6 nitrogen and oxygen atoms in total. The summed E-state index contributed by atoms with van der Waals surface area (Å²) in [6.07, 6.45) is 1.65. The molecule has 102 valence electrons. The van der Waals surface area contributed by atoms with Crippen LogP contribution >= 0.6 is 0 Å². The van der Waals surface area contributed by atoms with Crippen molar-refractivity contribution in [1.82, 2.24) is 5.32 Å². The summed E-state index contributed by atoms with van der Waals surface area (Å²) in [6.45, 7) is 0.761. The second kappa shape index (κ2) is 5.92. The second-order valence-corrected chi connectivity index (χ2v) is 6.36. The maximum Gasteiger partial charge on any atom is 0.200 e. The maximum absolute atomic E-state index is 10.9. The van der Waals surface area contributed by atoms with Crippen LogP contribution in [-0.4, -0.2) is 42.3 Å². The molecular formula is C11H17NO5S. The fraction of sp³-hybridized carbons (Fsp3) is 0.455. The van der Waals surface area contributed by atoms with Crippen molar-refractivity contribution >= 4 is 9.84 Å². The van der Waals surface area contributed by atoms with Gasteiger partial charge < -0.3 is 20.6 Å². The standard InChI is InChI=1S/C11H17NO5S/c1-18(16,17)6-2-5-12-7-8-3-4-9(13)11(15)10(8)14/h3-4,12-15H,2,5-7H2,1H3. The Bertz CT molecular complexity index is 512. The maximum atomic E-state index is 10.9. The summed E-state index contributed by atoms with van der Waals surface area (Å²) in [6, 6.07) is 2.76. The Kier molecular flexibility index (Phi) is 4.80. The van der Waals surface area contributed by atoms with Crippen LogP contribution in [-0.2, 0) is 16.4 Å². The highest BCUT2D eigenvalue weighted by atomic mass is 32.2. The third kappa shape index (κ3) is 4.42. The lowest BCUT2D eigenvalue weighted by molar-refractivity contribution is 0.364. The summed E-state index contributed by atoms with van der Waals surface area (Å²) in [5.74, 6) is -1.20. The smallest absolute Gasteiger partial charge is 0.200 e. The summed E-state index contributed by atoms with van der Waals surface area (Å²) in [5, 5.41) is 30.9. The minimum absolute atomic E-state index is 0.104. The molecule has 0 bridgehead atoms. The van der Waals surface area contributed by atoms with E-state index in [2.05, 4.69) is 5.32 Å². The van der Waals surface area contributed by atoms with Gasteiger partial charge in [-0.25, -0.2) is 8.42 Å². The van der Waals surface area contributed by atoms with E-state index in [9.17, 15) is 18.6 Å². The number of benzene rings is 1. The largest absolute Gasteiger partial charge is 0.504 e. The van der Waals surface area contributed by atoms with Crippen molar-refractivity contribution in [3.8, 4) is 17.2 Å². The molecule has 0 atom stereocenters. The monoisotopic (exact) mass is 275 g/mol. The van der Waals surface area contributed by atoms with Crippen molar-refractivity contribution < 1.29 is 23.7 Å². The van der Waals surface area contributed by atoms with Crippen molar-refractivity contribution in [3.05, 3.63) is 17.7 Å². The Balaban J connectivity index is 2.43. The fourth-order valence-corrected chi connectivity index (χ4v) is 2.10. The number of sulfone groups is 1. The van der Waals surface area contributed by atoms with Crippen LogP contribution in [0.2, 0.25) is 0 Å². The van der Waals surface area contributed by atoms with Crippen LogP contribution < -0.4 is 5.32 Å². The highest BCUT2D eigenvalue weighted by Gasteiger charge is 2.10. The zero-order chi connectivity index (χ0) is 13.8. The fourth-order valence-electron chi connectivity index (χ4n) is 1.44. The topological polar surface area (TPSA) is 107 Å². The lowest BCUT2D eigenvalue weighted by Crippen LogP contribution is -2.17. The highest BCUT2D eigenvalue weighted by Crippen LogP contribution is 2.36. The predicted octanol–water partition coefficient (Wildman–Crippen LogP) is 0.328. The number of hydrogen-bond acceptors (Lipinski definition) is 6. The Labute approximate surface area is 106 Å². The summed E-state index contributed by atoms with van der Waals surface area (Å²) in [7, 11) is -2.95. The quantitative estimate of drug-likeness (QED) is 0.440. The first-order chi connectivity index (χ1) is 8.31. The summed E-state index contributed by atoms with van der Waals surface area (Å²) in [5.41, 5.74) is 0.435. The first-order valence-electron chi connectivity index (χ1n) is 5.42. The lowest BCUT2D eigenvalue weighted by Gasteiger charge is -2.08. The van der Waals surface area contributed by atoms with Crippen molar-refractivity contribution in [1.29, 1.82) is 0 Å². The Morgan fingerprint density at radius 2 is 1.83 bits per heavy atom. The van der Waals surface area contributed by atoms with Crippen LogP contribution in [0, 0.1) is 0 Å². The van der Waals surface area contributed by atoms with E-state index in [1.165, 1.54) is 18.4 Å². The van der Waals surface area contributed by atoms with Gasteiger partial charge in [0.05, 0.1) is 5.75 Å². The number of aromatic hydroxyl groups is 3. The normalized spacial score (nSPS) is 11.6. The zero-order valence-corrected chi connectivity index (χ0v) is 10.9. The zero-order valence-electron chi connectivity index (χ0n) is 10.0. The van der Waals surface area contributed by atoms with Crippen LogP contribution in [0.5, 0.6) is 17.2 Å². The van der Waals surface area contributed by atoms with Crippen molar-refractivity contribution in [2.75, 3.05) is 18.6 Å². The van der Waals surface area contributed by atoms with E-state index in [4.69, 9.17) is 5.11 Å². The van der Waals surface area contributed by atoms with Crippen molar-refractivity contribution in [3.63, 3.8) is 0 Å². The molecular weight excluding hydrogens is 258 g/mol. The van der Waals surface area contributed by atoms with E-state index >= 15 is 0 Å². The second-order valence-electron chi connectivity index (χ2n) is 4.10. The molecule has 0 radical (unpaired) electrons. The van der Waals surface area contributed by atoms with Gasteiger partial charge in [-0.3, -0.25) is 0 Å². The molecule has 1 rings (SSSR count). The Morgan fingerprint density at radius 3 is 2.44 bits per heavy atom. The first-order valence-corrected chi connectivity index (χ1v) is 7.48. The first kappa shape index (κ1) is 14.6. The molecule has 0 aliphatic heterocycles. The highest BCUT2D eigenvalue weighted by molar-refractivity contribution is 7.90. The minimum atomic E-state index is -2.95. The molecule has 0 amide bonds. The van der Waals surface area contributed by atoms with E-state index in [-0.39, 0.29) is 23.8 Å². The average Bonchev–Trinajstić information content (AvgIpc) is 2.27. The SMILES string of the molecule is CS(=O)(=O)CCCNCc1ccc(O)c(O)c1O. The van der Waals surface area contributed by atoms with Crippen LogP contribution in [0.25, 0.3) is 0 Å². The lowest BCUT2D eigenvalue weighted by atomic mass is 10.1. The summed E-state index contributed by atoms with van der Waals surface area (Å²) < 4.78 is 21.7. The van der Waals surface area contributed by atoms with Gasteiger partial charge >= 0.3 is 0 Å². The van der Waals surface area contributed by atoms with Gasteiger partial charge in [-0.15, -0.1) is 0 Å². The average molecular weight is 275 g/mol. The molecule has 4 N–H and O–H groups in total. The third-order valence-corrected chi connectivity index (χ3v) is 3.43. The molecule has 1 aromatic rings. The van der Waals surface area contributed by atoms with Gasteiger partial charge in [0.25, 0.3) is 0 Å². The molecule has 0 saturated heterocycles. The number of rotatable bonds is 6. The van der Waals surface area contributed by atoms with Crippen LogP contribution in [0.3, 0.4) is 0 Å². The van der Waals surface area contributed by atoms with E-state index < -0.39 is 15.6 Å². The molecule has 0 fully saturated rings. The Hall–Kier alpha value is -1.47. The van der Waals surface area contributed by atoms with Gasteiger partial charge in [-0.05, 0) is 19.0 Å². The van der Waals surface area contributed by atoms with Crippen molar-refractivity contribution in [2.45, 2.75) is 13.0 Å². The van der Waals surface area contributed by atoms with Crippen LogP contribution in [0.15, 0.2) is 12.1 Å². The van der Waals surface area contributed by atoms with Crippen LogP contribution in [0.1, 0.15) is 12.0 Å². The van der Waals surface area contributed by atoms with E-state index in [0.717, 1.165) is 0 Å². The number of nitrogens with one attached hydrogen (secondary N) is 1. The molecule has 0 spiro atoms. The van der Waals surface area contributed by atoms with E-state index in [1.54, 1.807) is 0 Å². The summed E-state index contributed by atoms with van der Waals surface area (Å²) in [4.78, 5) is 0. The molecule has 1 aromatic carbocycles. The molecule has 0 unspecified atom stereocenters. The molecule has 0 aliphatic rings. The predicted molar refractivity (Wildman–Crippen MR) is 67.5 cm³/mol. The number of phenolic OH excluding ortho intramolecular Hbond substituents is 3. The molecule has 18 heavy (non-hydrogen) atoms. The van der Waals surface area contributed by atoms with Gasteiger partial charge in [0, 0.05) is 18.4 Å². The Morgan fingerprint density at radius 1 is 1.17 bits per heavy atom. The molecule has 0 aromatic heterocycles. The summed E-state index contributed by atoms with van der Waals surface area (Å²) >= 11 is 0.